The molecular weight excluding hydrogens is 636 g/mol. The van der Waals surface area contributed by atoms with Crippen molar-refractivity contribution >= 4 is 18.0 Å². The van der Waals surface area contributed by atoms with Crippen molar-refractivity contribution < 1.29 is 4.39 Å². The monoisotopic (exact) mass is 698 g/mol. The lowest BCUT2D eigenvalue weighted by Crippen LogP contribution is -2.36. The van der Waals surface area contributed by atoms with Crippen molar-refractivity contribution in [1.29, 1.82) is 0 Å². The van der Waals surface area contributed by atoms with Crippen molar-refractivity contribution in [2.75, 3.05) is 32.7 Å². The Morgan fingerprint density at radius 3 is 2.32 bits per heavy atom. The van der Waals surface area contributed by atoms with Gasteiger partial charge < -0.3 is 10.2 Å². The van der Waals surface area contributed by atoms with E-state index < -0.39 is 5.79 Å². The third-order valence-electron chi connectivity index (χ3n) is 10.1. The lowest BCUT2D eigenvalue weighted by molar-refractivity contribution is 0.176. The predicted octanol–water partition coefficient (Wildman–Crippen LogP) is 10.8. The van der Waals surface area contributed by atoms with E-state index in [2.05, 4.69) is 121 Å². The number of likely N-dealkylation sites (tertiary alicyclic amines) is 1. The highest BCUT2D eigenvalue weighted by Crippen LogP contribution is 2.35. The lowest BCUT2D eigenvalue weighted by Gasteiger charge is -2.25. The molecule has 272 valence electrons. The largest absolute Gasteiger partial charge is 0.373 e. The van der Waals surface area contributed by atoms with Gasteiger partial charge in [0.05, 0.1) is 12.6 Å². The summed E-state index contributed by atoms with van der Waals surface area (Å²) in [5, 5.41) is 6.42. The van der Waals surface area contributed by atoms with Crippen molar-refractivity contribution in [1.82, 2.24) is 19.8 Å². The van der Waals surface area contributed by atoms with E-state index >= 15 is 0 Å². The Kier molecular flexibility index (Phi) is 16.6. The summed E-state index contributed by atoms with van der Waals surface area (Å²) in [5.74, 6) is 0.0203. The van der Waals surface area contributed by atoms with Gasteiger partial charge in [0, 0.05) is 37.6 Å². The molecular formula is C44H63FN4S. The molecule has 3 aromatic rings. The first-order chi connectivity index (χ1) is 24.4. The summed E-state index contributed by atoms with van der Waals surface area (Å²) in [6.07, 6.45) is 16.9. The number of likely N-dealkylation sites (N-methyl/N-ethyl adjacent to an activating group) is 1. The first-order valence-corrected chi connectivity index (χ1v) is 20.1. The van der Waals surface area contributed by atoms with Crippen LogP contribution in [0.2, 0.25) is 0 Å². The fourth-order valence-corrected chi connectivity index (χ4v) is 7.76. The Labute approximate surface area is 308 Å². The van der Waals surface area contributed by atoms with Gasteiger partial charge in [0.25, 0.3) is 0 Å². The summed E-state index contributed by atoms with van der Waals surface area (Å²) in [7, 11) is 0. The van der Waals surface area contributed by atoms with Crippen molar-refractivity contribution in [3.8, 4) is 11.1 Å². The number of halogens is 1. The number of allylic oxidation sites excluding steroid dienone is 1. The van der Waals surface area contributed by atoms with Crippen LogP contribution < -0.4 is 10.6 Å². The van der Waals surface area contributed by atoms with Crippen LogP contribution in [0, 0.1) is 12.8 Å². The summed E-state index contributed by atoms with van der Waals surface area (Å²) >= 11 is 1.88. The predicted molar refractivity (Wildman–Crippen MR) is 216 cm³/mol. The Morgan fingerprint density at radius 1 is 1.00 bits per heavy atom. The number of hydrogen-bond donors (Lipinski definition) is 2. The number of rotatable bonds is 11. The second kappa shape index (κ2) is 20.8. The molecule has 1 saturated carbocycles. The zero-order valence-electron chi connectivity index (χ0n) is 31.5. The highest BCUT2D eigenvalue weighted by Gasteiger charge is 2.57. The first kappa shape index (κ1) is 39.9. The number of benzene rings is 3. The molecule has 3 fully saturated rings. The molecule has 2 heterocycles. The Balaban J connectivity index is 0.000000238. The first-order valence-electron chi connectivity index (χ1n) is 19.3. The van der Waals surface area contributed by atoms with Gasteiger partial charge in [-0.2, -0.15) is 0 Å². The quantitative estimate of drug-likeness (QED) is 0.0903. The number of nitrogens with one attached hydrogen (secondary N) is 2. The molecule has 3 aromatic carbocycles. The van der Waals surface area contributed by atoms with E-state index in [1.165, 1.54) is 70.4 Å². The third kappa shape index (κ3) is 12.4. The van der Waals surface area contributed by atoms with Gasteiger partial charge in [-0.25, -0.2) is 8.70 Å². The molecule has 0 radical (unpaired) electrons. The topological polar surface area (TPSA) is 40.5 Å². The van der Waals surface area contributed by atoms with Crippen LogP contribution in [0.15, 0.2) is 90.5 Å². The highest BCUT2D eigenvalue weighted by atomic mass is 32.2. The molecule has 4 aliphatic rings. The number of hydrogen-bond acceptors (Lipinski definition) is 5. The average molecular weight is 699 g/mol. The molecule has 2 unspecified atom stereocenters. The number of alkyl halides is 1. The van der Waals surface area contributed by atoms with Gasteiger partial charge >= 0.3 is 0 Å². The molecule has 7 rings (SSSR count). The van der Waals surface area contributed by atoms with E-state index in [4.69, 9.17) is 0 Å². The highest BCUT2D eigenvalue weighted by molar-refractivity contribution is 7.97. The van der Waals surface area contributed by atoms with Gasteiger partial charge in [0.1, 0.15) is 0 Å². The fourth-order valence-electron chi connectivity index (χ4n) is 6.83. The molecule has 0 aromatic heterocycles. The molecule has 6 heteroatoms. The normalized spacial score (nSPS) is 20.3. The van der Waals surface area contributed by atoms with Crippen LogP contribution in [-0.4, -0.2) is 53.8 Å². The van der Waals surface area contributed by atoms with E-state index in [0.29, 0.717) is 6.54 Å². The van der Waals surface area contributed by atoms with E-state index in [9.17, 15) is 4.39 Å². The smallest absolute Gasteiger partial charge is 0.195 e. The minimum absolute atomic E-state index is 0.128. The fraction of sp³-hybridized carbons (Fsp3) is 0.500. The van der Waals surface area contributed by atoms with Crippen LogP contribution in [0.5, 0.6) is 0 Å². The van der Waals surface area contributed by atoms with E-state index in [1.54, 1.807) is 6.20 Å². The summed E-state index contributed by atoms with van der Waals surface area (Å²) in [6, 6.07) is 24.7. The molecule has 2 aliphatic carbocycles. The Bertz CT molecular complexity index is 1450. The van der Waals surface area contributed by atoms with Gasteiger partial charge in [0.2, 0.25) is 0 Å². The van der Waals surface area contributed by atoms with E-state index in [-0.39, 0.29) is 6.04 Å². The zero-order valence-corrected chi connectivity index (χ0v) is 32.3. The van der Waals surface area contributed by atoms with Gasteiger partial charge in [0.15, 0.2) is 5.79 Å². The molecule has 2 atom stereocenters. The van der Waals surface area contributed by atoms with Crippen molar-refractivity contribution in [2.45, 2.75) is 109 Å². The zero-order chi connectivity index (χ0) is 35.8. The summed E-state index contributed by atoms with van der Waals surface area (Å²) in [6.45, 7) is 19.6. The SMILES string of the molecule is C=CN1CCC2NC2(F)C1.CC.CCC1CCCC1.CCN(CCNCc1ccc(-c2ccc(C)cc2)cc1)Sc1ccc2c(c1)CCC=C2. The molecule has 50 heavy (non-hydrogen) atoms. The van der Waals surface area contributed by atoms with Crippen molar-refractivity contribution in [3.63, 3.8) is 0 Å². The van der Waals surface area contributed by atoms with E-state index in [0.717, 1.165) is 57.9 Å². The van der Waals surface area contributed by atoms with Crippen molar-refractivity contribution in [3.05, 3.63) is 108 Å². The molecule has 2 aliphatic heterocycles. The maximum absolute atomic E-state index is 13.2. The Hall–Kier alpha value is -2.90. The molecule has 0 amide bonds. The minimum atomic E-state index is -1.08. The molecule has 2 saturated heterocycles. The Morgan fingerprint density at radius 2 is 1.70 bits per heavy atom. The van der Waals surface area contributed by atoms with Crippen LogP contribution in [-0.2, 0) is 13.0 Å². The van der Waals surface area contributed by atoms with E-state index in [1.807, 2.05) is 30.7 Å². The summed E-state index contributed by atoms with van der Waals surface area (Å²) in [5.41, 5.74) is 8.04. The van der Waals surface area contributed by atoms with Crippen LogP contribution in [0.3, 0.4) is 0 Å². The number of nitrogens with zero attached hydrogens (tertiary/aromatic N) is 2. The summed E-state index contributed by atoms with van der Waals surface area (Å²) in [4.78, 5) is 3.26. The van der Waals surface area contributed by atoms with Gasteiger partial charge in [-0.15, -0.1) is 0 Å². The molecule has 0 bridgehead atoms. The molecule has 0 spiro atoms. The maximum atomic E-state index is 13.2. The van der Waals surface area contributed by atoms with Gasteiger partial charge in [-0.1, -0.05) is 139 Å². The lowest BCUT2D eigenvalue weighted by atomic mass is 9.98. The summed E-state index contributed by atoms with van der Waals surface area (Å²) < 4.78 is 15.6. The van der Waals surface area contributed by atoms with Crippen LogP contribution in [0.25, 0.3) is 17.2 Å². The van der Waals surface area contributed by atoms with Crippen LogP contribution in [0.4, 0.5) is 4.39 Å². The second-order valence-corrected chi connectivity index (χ2v) is 14.9. The molecule has 4 nitrogen and oxygen atoms in total. The molecule has 2 N–H and O–H groups in total. The minimum Gasteiger partial charge on any atom is -0.373 e. The van der Waals surface area contributed by atoms with Gasteiger partial charge in [-0.3, -0.25) is 5.32 Å². The maximum Gasteiger partial charge on any atom is 0.195 e. The second-order valence-electron chi connectivity index (χ2n) is 13.7. The van der Waals surface area contributed by atoms with Crippen LogP contribution in [0.1, 0.15) is 94.9 Å². The average Bonchev–Trinajstić information content (AvgIpc) is 3.55. The van der Waals surface area contributed by atoms with Gasteiger partial charge in [-0.05, 0) is 90.2 Å². The number of piperidine rings is 1. The number of aryl methyl sites for hydroxylation is 2. The third-order valence-corrected chi connectivity index (χ3v) is 11.3. The van der Waals surface area contributed by atoms with Crippen molar-refractivity contribution in [2.24, 2.45) is 5.92 Å². The number of fused-ring (bicyclic) bond motifs is 2. The standard InChI is InChI=1S/C28H32N2S.C7H11FN2.C7H14.C2H6/c1-3-30(31-28-17-16-24-6-4-5-7-27(24)20-28)19-18-29-21-23-10-14-26(15-11-23)25-12-8-22(2)9-13-25;1-2-10-4-3-6-7(8,5-10)9-6;1-2-7-5-3-4-6-7;1-2/h4,6,8-17,20,29H,3,5,7,18-19,21H2,1-2H3;2,6,9H,1,3-5H2;7H,2-6H2,1H3;1-2H3. The van der Waals surface area contributed by atoms with Crippen LogP contribution >= 0.6 is 11.9 Å².